The molecule has 143 heavy (non-hydrogen) atoms. The monoisotopic (exact) mass is 1820 g/mol. The lowest BCUT2D eigenvalue weighted by Crippen LogP contribution is -2.10. The Morgan fingerprint density at radius 1 is 0.133 bits per heavy atom. The summed E-state index contributed by atoms with van der Waals surface area (Å²) in [6.45, 7) is 6.92. The molecule has 3 aromatic heterocycles. The maximum Gasteiger partial charge on any atom is 0.0541 e. The van der Waals surface area contributed by atoms with Crippen molar-refractivity contribution in [2.75, 3.05) is 0 Å². The van der Waals surface area contributed by atoms with Crippen LogP contribution in [0, 0.1) is 0 Å². The Balaban J connectivity index is 0.000000108. The molecule has 0 atom stereocenters. The largest absolute Gasteiger partial charge is 0.309 e. The van der Waals surface area contributed by atoms with Crippen molar-refractivity contribution in [3.63, 3.8) is 0 Å². The van der Waals surface area contributed by atoms with E-state index in [-0.39, 0.29) is 5.41 Å². The van der Waals surface area contributed by atoms with Crippen LogP contribution in [0.15, 0.2) is 522 Å². The first-order valence-electron chi connectivity index (χ1n) is 49.8. The van der Waals surface area contributed by atoms with Crippen molar-refractivity contribution in [2.45, 2.75) is 26.2 Å². The Morgan fingerprint density at radius 3 is 0.776 bits per heavy atom. The summed E-state index contributed by atoms with van der Waals surface area (Å²) in [7, 11) is 0. The van der Waals surface area contributed by atoms with Crippen LogP contribution in [0.1, 0.15) is 26.3 Å². The Morgan fingerprint density at radius 2 is 0.392 bits per heavy atom. The minimum absolute atomic E-state index is 0.0278. The van der Waals surface area contributed by atoms with Crippen molar-refractivity contribution in [2.24, 2.45) is 0 Å². The third kappa shape index (κ3) is 14.0. The van der Waals surface area contributed by atoms with Gasteiger partial charge in [0.05, 0.1) is 33.1 Å². The molecule has 0 N–H and O–H groups in total. The van der Waals surface area contributed by atoms with Crippen LogP contribution in [0.5, 0.6) is 0 Å². The lowest BCUT2D eigenvalue weighted by atomic mass is 9.81. The van der Waals surface area contributed by atoms with Gasteiger partial charge in [-0.05, 0) is 282 Å². The summed E-state index contributed by atoms with van der Waals surface area (Å²) >= 11 is 0. The van der Waals surface area contributed by atoms with Crippen LogP contribution in [0.4, 0.5) is 0 Å². The van der Waals surface area contributed by atoms with Crippen LogP contribution in [0.3, 0.4) is 0 Å². The van der Waals surface area contributed by atoms with E-state index in [1.807, 2.05) is 0 Å². The van der Waals surface area contributed by atoms with Crippen molar-refractivity contribution in [1.29, 1.82) is 0 Å². The second-order valence-corrected chi connectivity index (χ2v) is 39.1. The first-order valence-corrected chi connectivity index (χ1v) is 49.8. The number of aromatic nitrogens is 3. The van der Waals surface area contributed by atoms with Crippen LogP contribution in [-0.4, -0.2) is 13.7 Å². The maximum absolute atomic E-state index is 2.45. The molecule has 0 amide bonds. The number of nitrogens with zero attached hydrogens (tertiary/aromatic N) is 3. The summed E-state index contributed by atoms with van der Waals surface area (Å²) in [5, 5.41) is 33.2. The summed E-state index contributed by atoms with van der Waals surface area (Å²) in [4.78, 5) is 0. The Hall–Kier alpha value is -18.3. The predicted molar refractivity (Wildman–Crippen MR) is 614 cm³/mol. The molecule has 670 valence electrons. The van der Waals surface area contributed by atoms with E-state index in [0.717, 1.165) is 0 Å². The van der Waals surface area contributed by atoms with E-state index in [0.29, 0.717) is 0 Å². The van der Waals surface area contributed by atoms with Gasteiger partial charge in [-0.1, -0.05) is 458 Å². The molecule has 0 fully saturated rings. The van der Waals surface area contributed by atoms with Crippen LogP contribution in [-0.2, 0) is 5.41 Å². The highest BCUT2D eigenvalue weighted by Gasteiger charge is 2.27. The van der Waals surface area contributed by atoms with Gasteiger partial charge in [0, 0.05) is 49.4 Å². The summed E-state index contributed by atoms with van der Waals surface area (Å²) in [6.07, 6.45) is 0. The zero-order valence-corrected chi connectivity index (χ0v) is 79.5. The van der Waals surface area contributed by atoms with Crippen LogP contribution >= 0.6 is 0 Å². The molecule has 0 saturated heterocycles. The van der Waals surface area contributed by atoms with Gasteiger partial charge in [-0.2, -0.15) is 0 Å². The van der Waals surface area contributed by atoms with E-state index >= 15 is 0 Å². The first kappa shape index (κ1) is 84.0. The van der Waals surface area contributed by atoms with Gasteiger partial charge in [0.25, 0.3) is 0 Å². The molecule has 26 aromatic carbocycles. The molecule has 0 aliphatic carbocycles. The molecule has 29 aromatic rings. The zero-order valence-electron chi connectivity index (χ0n) is 79.5. The van der Waals surface area contributed by atoms with Gasteiger partial charge in [-0.3, -0.25) is 0 Å². The van der Waals surface area contributed by atoms with Gasteiger partial charge >= 0.3 is 0 Å². The topological polar surface area (TPSA) is 14.8 Å². The molecule has 0 saturated carbocycles. The first-order chi connectivity index (χ1) is 70.7. The molecule has 0 spiro atoms. The quantitative estimate of drug-likeness (QED) is 0.0958. The van der Waals surface area contributed by atoms with Gasteiger partial charge in [0.15, 0.2) is 0 Å². The predicted octanol–water partition coefficient (Wildman–Crippen LogP) is 38.8. The molecular weight excluding hydrogens is 1720 g/mol. The summed E-state index contributed by atoms with van der Waals surface area (Å²) in [6, 6.07) is 191. The second kappa shape index (κ2) is 34.4. The Bertz CT molecular complexity index is 9920. The Labute approximate surface area is 829 Å². The van der Waals surface area contributed by atoms with Gasteiger partial charge in [-0.25, -0.2) is 0 Å². The molecule has 0 bridgehead atoms. The number of para-hydroxylation sites is 6. The molecule has 3 heterocycles. The van der Waals surface area contributed by atoms with E-state index in [9.17, 15) is 0 Å². The van der Waals surface area contributed by atoms with E-state index in [1.165, 1.54) is 274 Å². The average molecular weight is 1820 g/mol. The van der Waals surface area contributed by atoms with E-state index in [4.69, 9.17) is 0 Å². The van der Waals surface area contributed by atoms with Crippen molar-refractivity contribution >= 4 is 173 Å². The number of fused-ring (bicyclic) bond motifs is 20. The third-order valence-corrected chi connectivity index (χ3v) is 30.1. The molecule has 3 heteroatoms. The highest BCUT2D eigenvalue weighted by atomic mass is 15.0. The zero-order chi connectivity index (χ0) is 94.9. The number of rotatable bonds is 10. The van der Waals surface area contributed by atoms with Gasteiger partial charge in [0.1, 0.15) is 0 Å². The van der Waals surface area contributed by atoms with Crippen LogP contribution < -0.4 is 0 Å². The van der Waals surface area contributed by atoms with E-state index in [2.05, 4.69) is 556 Å². The van der Waals surface area contributed by atoms with Gasteiger partial charge in [-0.15, -0.1) is 0 Å². The third-order valence-electron chi connectivity index (χ3n) is 30.1. The fourth-order valence-corrected chi connectivity index (χ4v) is 23.7. The standard InChI is InChI=1S/C52H33N.C46H35N.C42H27N/c1-2-14-39-37(13-1)33-48(41-16-4-3-15-40(39)41)52-46-21-7-5-19-44(46)51(45-20-6-8-22-47(45)52)36-27-25-34(26-28-36)35-29-31-38(32-30-35)53-49-23-11-9-17-42(49)43-18-10-12-24-50(43)53;1-46(2,3)32-25-28-40-41(29-32)45(37-20-12-14-30-13-4-5-15-34(30)37)39-19-7-6-18-38(39)44(40)31-23-26-33(27-24-31)47-42-21-10-8-16-35(42)36-17-9-11-22-43(36)47;1-2-17-31-28(13-1)14-12-24-34(31)42-37-22-5-3-20-35(37)41(36-21-4-6-23-38(36)42)29-15-11-16-30(27-29)43-39-25-9-7-18-32(39)33-19-8-10-26-40(33)43/h1-33H;4-29H,1-3H3;1-27H. The molecular formula is C140H95N3. The lowest BCUT2D eigenvalue weighted by molar-refractivity contribution is 0.591. The fourth-order valence-electron chi connectivity index (χ4n) is 23.7. The van der Waals surface area contributed by atoms with E-state index < -0.39 is 0 Å². The molecule has 0 aliphatic rings. The minimum atomic E-state index is 0.0278. The normalized spacial score (nSPS) is 11.9. The van der Waals surface area contributed by atoms with Gasteiger partial charge in [0.2, 0.25) is 0 Å². The summed E-state index contributed by atoms with van der Waals surface area (Å²) in [5.74, 6) is 0. The smallest absolute Gasteiger partial charge is 0.0541 e. The summed E-state index contributed by atoms with van der Waals surface area (Å²) in [5.41, 5.74) is 29.9. The fraction of sp³-hybridized carbons (Fsp3) is 0.0286. The molecule has 3 nitrogen and oxygen atoms in total. The molecule has 29 rings (SSSR count). The average Bonchev–Trinajstić information content (AvgIpc) is 1.60. The highest BCUT2D eigenvalue weighted by Crippen LogP contribution is 2.52. The minimum Gasteiger partial charge on any atom is -0.309 e. The number of hydrogen-bond acceptors (Lipinski definition) is 0. The number of benzene rings is 26. The number of hydrogen-bond donors (Lipinski definition) is 0. The lowest BCUT2D eigenvalue weighted by Gasteiger charge is -2.23. The SMILES string of the molecule is CC(C)(C)c1ccc2c(-c3ccc(-n4c5ccccc5c5ccccc54)cc3)c3ccccc3c(-c3cccc4ccccc34)c2c1.c1cc(-c2c3ccccc3c(-c3cccc4ccccc34)c3ccccc23)cc(-n2c3ccccc3c3ccccc32)c1.c1ccc2c(c1)cc(-c1c3ccccc3c(-c3ccc(-c4ccc(-n5c6ccccc6c6ccccc65)cc4)cc3)c3ccccc13)c1ccccc12. The molecule has 0 unspecified atom stereocenters. The molecule has 0 aliphatic heterocycles. The van der Waals surface area contributed by atoms with Crippen molar-refractivity contribution in [3.05, 3.63) is 527 Å². The van der Waals surface area contributed by atoms with Crippen LogP contribution in [0.2, 0.25) is 0 Å². The second-order valence-electron chi connectivity index (χ2n) is 39.1. The van der Waals surface area contributed by atoms with E-state index in [1.54, 1.807) is 0 Å². The molecule has 0 radical (unpaired) electrons. The van der Waals surface area contributed by atoms with Crippen molar-refractivity contribution in [1.82, 2.24) is 13.7 Å². The Kier molecular flexibility index (Phi) is 20.2. The maximum atomic E-state index is 2.45. The van der Waals surface area contributed by atoms with Crippen molar-refractivity contribution < 1.29 is 0 Å². The summed E-state index contributed by atoms with van der Waals surface area (Å²) < 4.78 is 7.17. The van der Waals surface area contributed by atoms with Crippen LogP contribution in [0.25, 0.3) is 268 Å². The van der Waals surface area contributed by atoms with Crippen molar-refractivity contribution in [3.8, 4) is 95.0 Å². The van der Waals surface area contributed by atoms with Gasteiger partial charge < -0.3 is 13.7 Å². The highest BCUT2D eigenvalue weighted by molar-refractivity contribution is 6.29.